The minimum Gasteiger partial charge on any atom is -0.481 e. The quantitative estimate of drug-likeness (QED) is 0.765. The Labute approximate surface area is 150 Å². The number of hydrogen-bond donors (Lipinski definition) is 1. The Kier molecular flexibility index (Phi) is 4.51. The average molecular weight is 352 g/mol. The monoisotopic (exact) mass is 352 g/mol. The molecule has 2 atom stereocenters. The Morgan fingerprint density at radius 1 is 1.28 bits per heavy atom. The van der Waals surface area contributed by atoms with Crippen molar-refractivity contribution in [3.8, 4) is 0 Å². The third-order valence-corrected chi connectivity index (χ3v) is 6.05. The van der Waals surface area contributed by atoms with Gasteiger partial charge in [0.05, 0.1) is 12.0 Å². The van der Waals surface area contributed by atoms with E-state index in [0.29, 0.717) is 6.54 Å². The van der Waals surface area contributed by atoms with Crippen LogP contribution in [0.25, 0.3) is 10.1 Å². The van der Waals surface area contributed by atoms with Crippen molar-refractivity contribution in [2.75, 3.05) is 13.1 Å². The summed E-state index contributed by atoms with van der Waals surface area (Å²) < 4.78 is 1.26. The van der Waals surface area contributed by atoms with Crippen molar-refractivity contribution in [3.63, 3.8) is 0 Å². The van der Waals surface area contributed by atoms with Crippen molar-refractivity contribution in [2.24, 2.45) is 5.92 Å². The second kappa shape index (κ2) is 6.94. The number of hydrogen-bond acceptors (Lipinski definition) is 4. The molecule has 0 saturated carbocycles. The molecule has 0 amide bonds. The van der Waals surface area contributed by atoms with Gasteiger partial charge in [0, 0.05) is 28.5 Å². The number of likely N-dealkylation sites (tertiary alicyclic amines) is 1. The van der Waals surface area contributed by atoms with E-state index < -0.39 is 5.97 Å². The van der Waals surface area contributed by atoms with Gasteiger partial charge in [-0.25, -0.2) is 0 Å². The molecule has 2 aromatic heterocycles. The molecule has 1 aromatic carbocycles. The van der Waals surface area contributed by atoms with E-state index in [9.17, 15) is 9.90 Å². The number of piperidine rings is 1. The summed E-state index contributed by atoms with van der Waals surface area (Å²) in [5.74, 6) is -0.978. The second-order valence-corrected chi connectivity index (χ2v) is 7.66. The van der Waals surface area contributed by atoms with Gasteiger partial charge >= 0.3 is 5.97 Å². The predicted molar refractivity (Wildman–Crippen MR) is 99.8 cm³/mol. The molecule has 25 heavy (non-hydrogen) atoms. The standard InChI is InChI=1S/C20H20N2O2S/c23-20(24)16-7-4-10-22(13-16)19(15-6-3-9-21-12-15)18-11-14-5-1-2-8-17(14)25-18/h1-3,5-6,8-9,11-12,16,19H,4,7,10,13H2,(H,23,24). The molecule has 4 nitrogen and oxygen atoms in total. The molecule has 4 rings (SSSR count). The van der Waals surface area contributed by atoms with Gasteiger partial charge in [0.1, 0.15) is 0 Å². The molecular formula is C20H20N2O2S. The lowest BCUT2D eigenvalue weighted by Crippen LogP contribution is -2.41. The van der Waals surface area contributed by atoms with Crippen LogP contribution >= 0.6 is 11.3 Å². The van der Waals surface area contributed by atoms with Crippen molar-refractivity contribution < 1.29 is 9.90 Å². The molecule has 2 unspecified atom stereocenters. The number of aromatic nitrogens is 1. The Balaban J connectivity index is 1.75. The summed E-state index contributed by atoms with van der Waals surface area (Å²) in [6, 6.07) is 14.7. The largest absolute Gasteiger partial charge is 0.481 e. The number of thiophene rings is 1. The maximum Gasteiger partial charge on any atom is 0.307 e. The molecule has 0 spiro atoms. The van der Waals surface area contributed by atoms with Gasteiger partial charge in [-0.15, -0.1) is 11.3 Å². The number of nitrogens with zero attached hydrogens (tertiary/aromatic N) is 2. The summed E-state index contributed by atoms with van der Waals surface area (Å²) in [7, 11) is 0. The van der Waals surface area contributed by atoms with Crippen LogP contribution in [0.3, 0.4) is 0 Å². The fourth-order valence-corrected chi connectivity index (χ4v) is 4.90. The van der Waals surface area contributed by atoms with Crippen molar-refractivity contribution in [2.45, 2.75) is 18.9 Å². The highest BCUT2D eigenvalue weighted by Crippen LogP contribution is 2.38. The fourth-order valence-electron chi connectivity index (χ4n) is 3.67. The highest BCUT2D eigenvalue weighted by molar-refractivity contribution is 7.19. The van der Waals surface area contributed by atoms with E-state index in [-0.39, 0.29) is 12.0 Å². The zero-order chi connectivity index (χ0) is 17.2. The van der Waals surface area contributed by atoms with Crippen LogP contribution in [0.1, 0.15) is 29.3 Å². The van der Waals surface area contributed by atoms with Gasteiger partial charge in [0.25, 0.3) is 0 Å². The molecule has 1 aliphatic rings. The number of rotatable bonds is 4. The van der Waals surface area contributed by atoms with Gasteiger partial charge in [-0.05, 0) is 48.5 Å². The van der Waals surface area contributed by atoms with Gasteiger partial charge in [-0.3, -0.25) is 14.7 Å². The Hall–Kier alpha value is -2.24. The van der Waals surface area contributed by atoms with Crippen LogP contribution in [0.4, 0.5) is 0 Å². The van der Waals surface area contributed by atoms with Gasteiger partial charge in [0.15, 0.2) is 0 Å². The van der Waals surface area contributed by atoms with E-state index >= 15 is 0 Å². The first-order valence-corrected chi connectivity index (χ1v) is 9.39. The van der Waals surface area contributed by atoms with E-state index in [2.05, 4.69) is 46.3 Å². The molecule has 3 heterocycles. The molecule has 0 bridgehead atoms. The zero-order valence-electron chi connectivity index (χ0n) is 13.8. The second-order valence-electron chi connectivity index (χ2n) is 6.55. The Morgan fingerprint density at radius 2 is 2.16 bits per heavy atom. The summed E-state index contributed by atoms with van der Waals surface area (Å²) in [5.41, 5.74) is 1.13. The maximum absolute atomic E-state index is 11.5. The summed E-state index contributed by atoms with van der Waals surface area (Å²) >= 11 is 1.79. The number of fused-ring (bicyclic) bond motifs is 1. The number of benzene rings is 1. The van der Waals surface area contributed by atoms with Crippen molar-refractivity contribution in [1.82, 2.24) is 9.88 Å². The van der Waals surface area contributed by atoms with Gasteiger partial charge in [-0.2, -0.15) is 0 Å². The lowest BCUT2D eigenvalue weighted by molar-refractivity contribution is -0.143. The molecular weight excluding hydrogens is 332 g/mol. The summed E-state index contributed by atoms with van der Waals surface area (Å²) in [6.45, 7) is 1.50. The number of carbonyl (C=O) groups is 1. The number of aliphatic carboxylic acids is 1. The topological polar surface area (TPSA) is 53.4 Å². The van der Waals surface area contributed by atoms with Crippen LogP contribution in [-0.4, -0.2) is 34.0 Å². The van der Waals surface area contributed by atoms with Crippen LogP contribution in [0.5, 0.6) is 0 Å². The number of carboxylic acids is 1. The Bertz CT molecular complexity index is 845. The number of carboxylic acid groups (broad SMARTS) is 1. The van der Waals surface area contributed by atoms with Crippen LogP contribution < -0.4 is 0 Å². The molecule has 1 saturated heterocycles. The first kappa shape index (κ1) is 16.2. The van der Waals surface area contributed by atoms with E-state index in [0.717, 1.165) is 24.9 Å². The van der Waals surface area contributed by atoms with Crippen LogP contribution in [0.2, 0.25) is 0 Å². The maximum atomic E-state index is 11.5. The number of pyridine rings is 1. The lowest BCUT2D eigenvalue weighted by Gasteiger charge is -2.36. The first-order valence-electron chi connectivity index (χ1n) is 8.57. The third-order valence-electron chi connectivity index (χ3n) is 4.88. The molecule has 3 aromatic rings. The lowest BCUT2D eigenvalue weighted by atomic mass is 9.94. The van der Waals surface area contributed by atoms with E-state index in [1.165, 1.54) is 15.0 Å². The molecule has 0 radical (unpaired) electrons. The minimum atomic E-state index is -0.689. The molecule has 0 aliphatic carbocycles. The van der Waals surface area contributed by atoms with Crippen molar-refractivity contribution >= 4 is 27.4 Å². The highest BCUT2D eigenvalue weighted by atomic mass is 32.1. The molecule has 1 fully saturated rings. The van der Waals surface area contributed by atoms with Gasteiger partial charge < -0.3 is 5.11 Å². The summed E-state index contributed by atoms with van der Waals surface area (Å²) in [6.07, 6.45) is 5.36. The SMILES string of the molecule is O=C(O)C1CCCN(C(c2cccnc2)c2cc3ccccc3s2)C1. The van der Waals surface area contributed by atoms with Crippen LogP contribution in [0.15, 0.2) is 54.9 Å². The van der Waals surface area contributed by atoms with Gasteiger partial charge in [-0.1, -0.05) is 24.3 Å². The molecule has 5 heteroatoms. The molecule has 1 N–H and O–H groups in total. The van der Waals surface area contributed by atoms with Crippen LogP contribution in [0, 0.1) is 5.92 Å². The first-order chi connectivity index (χ1) is 12.2. The average Bonchev–Trinajstić information content (AvgIpc) is 3.06. The summed E-state index contributed by atoms with van der Waals surface area (Å²) in [4.78, 5) is 19.4. The van der Waals surface area contributed by atoms with E-state index in [4.69, 9.17) is 0 Å². The van der Waals surface area contributed by atoms with E-state index in [1.54, 1.807) is 17.5 Å². The third kappa shape index (κ3) is 3.30. The van der Waals surface area contributed by atoms with E-state index in [1.807, 2.05) is 12.3 Å². The summed E-state index contributed by atoms with van der Waals surface area (Å²) in [5, 5.41) is 10.7. The normalized spacial score (nSPS) is 19.8. The molecule has 128 valence electrons. The van der Waals surface area contributed by atoms with Crippen LogP contribution in [-0.2, 0) is 4.79 Å². The minimum absolute atomic E-state index is 0.0632. The highest BCUT2D eigenvalue weighted by Gasteiger charge is 2.32. The zero-order valence-corrected chi connectivity index (χ0v) is 14.7. The Morgan fingerprint density at radius 3 is 2.92 bits per heavy atom. The van der Waals surface area contributed by atoms with Crippen molar-refractivity contribution in [3.05, 3.63) is 65.3 Å². The molecule has 1 aliphatic heterocycles. The smallest absolute Gasteiger partial charge is 0.307 e. The fraction of sp³-hybridized carbons (Fsp3) is 0.300. The predicted octanol–water partition coefficient (Wildman–Crippen LogP) is 4.18. The van der Waals surface area contributed by atoms with Crippen molar-refractivity contribution in [1.29, 1.82) is 0 Å². The van der Waals surface area contributed by atoms with Gasteiger partial charge in [0.2, 0.25) is 0 Å².